The second kappa shape index (κ2) is 6.37. The summed E-state index contributed by atoms with van der Waals surface area (Å²) in [4.78, 5) is 12.0. The number of carbonyl (C=O) groups is 1. The fourth-order valence-corrected chi connectivity index (χ4v) is 1.93. The van der Waals surface area contributed by atoms with Gasteiger partial charge in [0.25, 0.3) is 0 Å². The average molecular weight is 346 g/mol. The van der Waals surface area contributed by atoms with Crippen LogP contribution in [0, 0.1) is 5.82 Å². The molecule has 2 aromatic carbocycles. The Kier molecular flexibility index (Phi) is 4.69. The van der Waals surface area contributed by atoms with E-state index in [0.29, 0.717) is 4.31 Å². The van der Waals surface area contributed by atoms with Crippen LogP contribution in [0.5, 0.6) is 5.75 Å². The number of thiol groups is 1. The SMILES string of the molecule is O=C(Nc1ccccc1C(F)(F)F)N(S)c1ccc(O)c(F)c1. The maximum Gasteiger partial charge on any atom is 0.418 e. The minimum absolute atomic E-state index is 0.0642. The third kappa shape index (κ3) is 3.86. The van der Waals surface area contributed by atoms with Gasteiger partial charge in [0.1, 0.15) is 0 Å². The molecule has 0 unspecified atom stereocenters. The topological polar surface area (TPSA) is 52.6 Å². The molecule has 2 amide bonds. The summed E-state index contributed by atoms with van der Waals surface area (Å²) in [5, 5.41) is 11.1. The predicted molar refractivity (Wildman–Crippen MR) is 80.0 cm³/mol. The highest BCUT2D eigenvalue weighted by Crippen LogP contribution is 2.35. The van der Waals surface area contributed by atoms with Crippen LogP contribution >= 0.6 is 12.8 Å². The summed E-state index contributed by atoms with van der Waals surface area (Å²) in [7, 11) is 0. The van der Waals surface area contributed by atoms with Crippen LogP contribution in [0.1, 0.15) is 5.56 Å². The zero-order chi connectivity index (χ0) is 17.2. The maximum atomic E-state index is 13.3. The predicted octanol–water partition coefficient (Wildman–Crippen LogP) is 4.43. The Bertz CT molecular complexity index is 737. The molecule has 2 N–H and O–H groups in total. The number of amides is 2. The van der Waals surface area contributed by atoms with Crippen molar-refractivity contribution in [2.24, 2.45) is 0 Å². The van der Waals surface area contributed by atoms with Crippen LogP contribution in [-0.4, -0.2) is 11.1 Å². The average Bonchev–Trinajstić information content (AvgIpc) is 2.48. The lowest BCUT2D eigenvalue weighted by Crippen LogP contribution is -2.28. The molecule has 23 heavy (non-hydrogen) atoms. The largest absolute Gasteiger partial charge is 0.505 e. The highest BCUT2D eigenvalue weighted by molar-refractivity contribution is 7.82. The quantitative estimate of drug-likeness (QED) is 0.556. The molecule has 2 aromatic rings. The molecular formula is C14H10F4N2O2S. The van der Waals surface area contributed by atoms with Crippen LogP contribution in [0.2, 0.25) is 0 Å². The number of nitrogens with one attached hydrogen (secondary N) is 1. The van der Waals surface area contributed by atoms with Gasteiger partial charge in [0, 0.05) is 6.07 Å². The van der Waals surface area contributed by atoms with Crippen LogP contribution in [0.15, 0.2) is 42.5 Å². The zero-order valence-corrected chi connectivity index (χ0v) is 12.2. The molecule has 0 saturated heterocycles. The highest BCUT2D eigenvalue weighted by atomic mass is 32.1. The Labute approximate surface area is 133 Å². The van der Waals surface area contributed by atoms with E-state index in [0.717, 1.165) is 24.3 Å². The van der Waals surface area contributed by atoms with E-state index in [-0.39, 0.29) is 5.69 Å². The van der Waals surface area contributed by atoms with Crippen LogP contribution in [0.4, 0.5) is 33.7 Å². The number of para-hydroxylation sites is 1. The third-order valence-corrected chi connectivity index (χ3v) is 3.25. The Morgan fingerprint density at radius 3 is 2.43 bits per heavy atom. The van der Waals surface area contributed by atoms with Crippen molar-refractivity contribution in [3.8, 4) is 5.75 Å². The van der Waals surface area contributed by atoms with E-state index in [1.54, 1.807) is 0 Å². The monoisotopic (exact) mass is 346 g/mol. The highest BCUT2D eigenvalue weighted by Gasteiger charge is 2.33. The molecule has 0 heterocycles. The normalized spacial score (nSPS) is 11.2. The maximum absolute atomic E-state index is 13.3. The molecular weight excluding hydrogens is 336 g/mol. The van der Waals surface area contributed by atoms with Crippen LogP contribution < -0.4 is 9.62 Å². The van der Waals surface area contributed by atoms with Gasteiger partial charge in [-0.05, 0) is 24.3 Å². The summed E-state index contributed by atoms with van der Waals surface area (Å²) in [5.74, 6) is -1.62. The summed E-state index contributed by atoms with van der Waals surface area (Å²) in [6, 6.07) is 6.39. The van der Waals surface area contributed by atoms with Crippen molar-refractivity contribution in [3.63, 3.8) is 0 Å². The first-order valence-electron chi connectivity index (χ1n) is 6.15. The lowest BCUT2D eigenvalue weighted by Gasteiger charge is -2.19. The number of urea groups is 1. The number of hydrogen-bond acceptors (Lipinski definition) is 3. The number of phenolic OH excluding ortho intramolecular Hbond substituents is 1. The van der Waals surface area contributed by atoms with E-state index >= 15 is 0 Å². The molecule has 0 bridgehead atoms. The number of carbonyl (C=O) groups excluding carboxylic acids is 1. The molecule has 0 aliphatic heterocycles. The second-order valence-corrected chi connectivity index (χ2v) is 4.82. The number of benzene rings is 2. The van der Waals surface area contributed by atoms with E-state index in [4.69, 9.17) is 5.11 Å². The van der Waals surface area contributed by atoms with Crippen molar-refractivity contribution in [2.45, 2.75) is 6.18 Å². The molecule has 0 fully saturated rings. The molecule has 0 aromatic heterocycles. The summed E-state index contributed by atoms with van der Waals surface area (Å²) >= 11 is 3.82. The van der Waals surface area contributed by atoms with E-state index in [1.165, 1.54) is 18.2 Å². The molecule has 0 atom stereocenters. The summed E-state index contributed by atoms with van der Waals surface area (Å²) in [6.07, 6.45) is -4.64. The lowest BCUT2D eigenvalue weighted by atomic mass is 10.1. The van der Waals surface area contributed by atoms with Gasteiger partial charge in [-0.25, -0.2) is 13.5 Å². The number of alkyl halides is 3. The van der Waals surface area contributed by atoms with E-state index in [9.17, 15) is 22.4 Å². The summed E-state index contributed by atoms with van der Waals surface area (Å²) in [6.45, 7) is 0. The summed E-state index contributed by atoms with van der Waals surface area (Å²) < 4.78 is 52.5. The van der Waals surface area contributed by atoms with Crippen LogP contribution in [0.3, 0.4) is 0 Å². The minimum atomic E-state index is -4.64. The third-order valence-electron chi connectivity index (χ3n) is 2.84. The van der Waals surface area contributed by atoms with E-state index in [2.05, 4.69) is 18.1 Å². The van der Waals surface area contributed by atoms with Gasteiger partial charge >= 0.3 is 12.2 Å². The van der Waals surface area contributed by atoms with Gasteiger partial charge in [0.15, 0.2) is 11.6 Å². The number of phenols is 1. The van der Waals surface area contributed by atoms with Crippen LogP contribution in [0.25, 0.3) is 0 Å². The van der Waals surface area contributed by atoms with Gasteiger partial charge in [-0.2, -0.15) is 13.2 Å². The molecule has 122 valence electrons. The molecule has 0 aliphatic rings. The van der Waals surface area contributed by atoms with E-state index < -0.39 is 35.0 Å². The molecule has 0 aliphatic carbocycles. The Hall–Kier alpha value is -2.42. The fraction of sp³-hybridized carbons (Fsp3) is 0.0714. The first-order valence-corrected chi connectivity index (χ1v) is 6.55. The molecule has 0 spiro atoms. The van der Waals surface area contributed by atoms with Crippen molar-refractivity contribution in [3.05, 3.63) is 53.8 Å². The minimum Gasteiger partial charge on any atom is -0.505 e. The van der Waals surface area contributed by atoms with Gasteiger partial charge in [-0.3, -0.25) is 0 Å². The first-order chi connectivity index (χ1) is 10.7. The van der Waals surface area contributed by atoms with Crippen molar-refractivity contribution in [1.29, 1.82) is 0 Å². The molecule has 4 nitrogen and oxygen atoms in total. The molecule has 0 radical (unpaired) electrons. The van der Waals surface area contributed by atoms with Gasteiger partial charge in [0.2, 0.25) is 0 Å². The second-order valence-electron chi connectivity index (χ2n) is 4.42. The Morgan fingerprint density at radius 2 is 1.83 bits per heavy atom. The van der Waals surface area contributed by atoms with Gasteiger partial charge in [-0.15, -0.1) is 0 Å². The summed E-state index contributed by atoms with van der Waals surface area (Å²) in [5.41, 5.74) is -1.54. The van der Waals surface area contributed by atoms with Crippen molar-refractivity contribution < 1.29 is 27.5 Å². The lowest BCUT2D eigenvalue weighted by molar-refractivity contribution is -0.136. The number of nitrogens with zero attached hydrogens (tertiary/aromatic N) is 1. The Morgan fingerprint density at radius 1 is 1.17 bits per heavy atom. The van der Waals surface area contributed by atoms with Crippen LogP contribution in [-0.2, 0) is 6.18 Å². The van der Waals surface area contributed by atoms with Crippen molar-refractivity contribution >= 4 is 30.2 Å². The standard InChI is InChI=1S/C14H10F4N2O2S/c15-10-7-8(5-6-12(10)21)20(23)13(22)19-11-4-2-1-3-9(11)14(16,17)18/h1-7,21,23H,(H,19,22). The number of rotatable bonds is 2. The number of halogens is 4. The molecule has 0 saturated carbocycles. The first kappa shape index (κ1) is 16.9. The van der Waals surface area contributed by atoms with E-state index in [1.807, 2.05) is 0 Å². The Balaban J connectivity index is 2.24. The number of aromatic hydroxyl groups is 1. The number of anilines is 2. The van der Waals surface area contributed by atoms with Gasteiger partial charge < -0.3 is 10.4 Å². The number of hydrogen-bond donors (Lipinski definition) is 3. The molecule has 9 heteroatoms. The fourth-order valence-electron chi connectivity index (χ4n) is 1.75. The zero-order valence-electron chi connectivity index (χ0n) is 11.3. The van der Waals surface area contributed by atoms with Crippen molar-refractivity contribution in [1.82, 2.24) is 0 Å². The van der Waals surface area contributed by atoms with Gasteiger partial charge in [-0.1, -0.05) is 24.9 Å². The van der Waals surface area contributed by atoms with Crippen molar-refractivity contribution in [2.75, 3.05) is 9.62 Å². The smallest absolute Gasteiger partial charge is 0.418 e. The molecule has 2 rings (SSSR count). The van der Waals surface area contributed by atoms with Gasteiger partial charge in [0.05, 0.1) is 16.9 Å².